The summed E-state index contributed by atoms with van der Waals surface area (Å²) in [6.07, 6.45) is 10.0. The first-order chi connectivity index (χ1) is 14.5. The third-order valence-electron chi connectivity index (χ3n) is 5.38. The van der Waals surface area contributed by atoms with E-state index in [0.717, 1.165) is 42.4 Å². The fourth-order valence-corrected chi connectivity index (χ4v) is 3.35. The molecule has 1 aromatic rings. The van der Waals surface area contributed by atoms with Gasteiger partial charge >= 0.3 is 0 Å². The maximum atomic E-state index is 10.4. The second-order valence-electron chi connectivity index (χ2n) is 8.78. The molecule has 0 radical (unpaired) electrons. The van der Waals surface area contributed by atoms with Gasteiger partial charge in [0.1, 0.15) is 23.7 Å². The van der Waals surface area contributed by atoms with Crippen molar-refractivity contribution in [2.24, 2.45) is 0 Å². The molecule has 0 saturated carbocycles. The first-order valence-corrected chi connectivity index (χ1v) is 11.0. The third kappa shape index (κ3) is 10.0. The van der Waals surface area contributed by atoms with Crippen LogP contribution in [0.3, 0.4) is 0 Å². The molecule has 1 rings (SSSR count). The third-order valence-corrected chi connectivity index (χ3v) is 5.38. The Morgan fingerprint density at radius 2 is 1.48 bits per heavy atom. The van der Waals surface area contributed by atoms with Crippen LogP contribution in [0.4, 0.5) is 0 Å². The van der Waals surface area contributed by atoms with Crippen molar-refractivity contribution >= 4 is 0 Å². The van der Waals surface area contributed by atoms with Crippen LogP contribution >= 0.6 is 0 Å². The van der Waals surface area contributed by atoms with Crippen LogP contribution in [0, 0.1) is 6.92 Å². The predicted octanol–water partition coefficient (Wildman–Crippen LogP) is 6.04. The van der Waals surface area contributed by atoms with Gasteiger partial charge in [0.05, 0.1) is 0 Å². The van der Waals surface area contributed by atoms with Gasteiger partial charge in [-0.1, -0.05) is 41.0 Å². The first-order valence-electron chi connectivity index (χ1n) is 11.0. The average molecular weight is 429 g/mol. The minimum absolute atomic E-state index is 0.156. The molecule has 0 saturated heterocycles. The topological polar surface area (TPSA) is 80.9 Å². The van der Waals surface area contributed by atoms with Gasteiger partial charge < -0.3 is 20.4 Å². The van der Waals surface area contributed by atoms with Crippen LogP contribution in [0.1, 0.15) is 71.4 Å². The van der Waals surface area contributed by atoms with Gasteiger partial charge in [0.2, 0.25) is 0 Å². The summed E-state index contributed by atoms with van der Waals surface area (Å²) in [6, 6.07) is 3.13. The fourth-order valence-electron chi connectivity index (χ4n) is 3.35. The van der Waals surface area contributed by atoms with Crippen LogP contribution in [-0.2, 0) is 6.42 Å². The van der Waals surface area contributed by atoms with Gasteiger partial charge in [-0.15, -0.1) is 0 Å². The summed E-state index contributed by atoms with van der Waals surface area (Å²) in [5.74, 6) is 0.377. The lowest BCUT2D eigenvalue weighted by Crippen LogP contribution is -2.25. The van der Waals surface area contributed by atoms with E-state index in [4.69, 9.17) is 0 Å². The zero-order valence-electron chi connectivity index (χ0n) is 19.9. The van der Waals surface area contributed by atoms with Crippen LogP contribution in [0.15, 0.2) is 58.7 Å². The Kier molecular flexibility index (Phi) is 11.4. The maximum Gasteiger partial charge on any atom is 0.122 e. The molecule has 0 aliphatic carbocycles. The molecular weight excluding hydrogens is 388 g/mol. The quantitative estimate of drug-likeness (QED) is 0.256. The van der Waals surface area contributed by atoms with Crippen molar-refractivity contribution in [1.29, 1.82) is 0 Å². The van der Waals surface area contributed by atoms with E-state index in [1.165, 1.54) is 5.57 Å². The number of aromatic hydroxyl groups is 2. The summed E-state index contributed by atoms with van der Waals surface area (Å²) in [7, 11) is 0. The van der Waals surface area contributed by atoms with Crippen LogP contribution < -0.4 is 0 Å². The van der Waals surface area contributed by atoms with E-state index in [9.17, 15) is 20.4 Å². The van der Waals surface area contributed by atoms with Crippen LogP contribution in [0.2, 0.25) is 0 Å². The summed E-state index contributed by atoms with van der Waals surface area (Å²) in [5, 5.41) is 40.6. The Bertz CT molecular complexity index is 839. The lowest BCUT2D eigenvalue weighted by Gasteiger charge is -2.17. The van der Waals surface area contributed by atoms with Crippen molar-refractivity contribution in [1.82, 2.24) is 0 Å². The number of rotatable bonds is 11. The Hall–Kier alpha value is -2.30. The molecule has 2 atom stereocenters. The fraction of sp³-hybridized carbons (Fsp3) is 0.481. The zero-order chi connectivity index (χ0) is 23.6. The number of aliphatic hydroxyl groups is 2. The standard InChI is InChI=1S/C27H40O4/c1-18(2)9-7-11-20(4)15-25(29)27(31)21(5)12-8-10-19(3)13-14-23-17-24(28)16-22(6)26(23)30/h9,12-13,15-17,25,27-31H,7-8,10-11,14H2,1-6H3. The molecule has 0 fully saturated rings. The van der Waals surface area contributed by atoms with Gasteiger partial charge in [0, 0.05) is 5.56 Å². The largest absolute Gasteiger partial charge is 0.508 e. The Morgan fingerprint density at radius 3 is 2.13 bits per heavy atom. The second-order valence-corrected chi connectivity index (χ2v) is 8.78. The predicted molar refractivity (Wildman–Crippen MR) is 129 cm³/mol. The molecule has 0 aromatic heterocycles. The van der Waals surface area contributed by atoms with Gasteiger partial charge in [0.15, 0.2) is 0 Å². The first kappa shape index (κ1) is 26.7. The van der Waals surface area contributed by atoms with Crippen molar-refractivity contribution in [2.75, 3.05) is 0 Å². The van der Waals surface area contributed by atoms with Crippen molar-refractivity contribution in [3.05, 3.63) is 69.9 Å². The molecule has 4 N–H and O–H groups in total. The van der Waals surface area contributed by atoms with Crippen molar-refractivity contribution < 1.29 is 20.4 Å². The average Bonchev–Trinajstić information content (AvgIpc) is 2.68. The SMILES string of the molecule is CC(C)=CCCC(C)=CC(O)C(O)C(C)=CCCC(C)=CCc1cc(O)cc(C)c1O. The van der Waals surface area contributed by atoms with E-state index >= 15 is 0 Å². The molecule has 4 heteroatoms. The minimum atomic E-state index is -0.907. The van der Waals surface area contributed by atoms with E-state index in [0.29, 0.717) is 17.5 Å². The van der Waals surface area contributed by atoms with E-state index in [2.05, 4.69) is 19.9 Å². The Labute approximate surface area is 188 Å². The van der Waals surface area contributed by atoms with Crippen molar-refractivity contribution in [2.45, 2.75) is 85.9 Å². The molecule has 0 bridgehead atoms. The van der Waals surface area contributed by atoms with E-state index in [1.807, 2.05) is 32.9 Å². The van der Waals surface area contributed by atoms with Gasteiger partial charge in [-0.25, -0.2) is 0 Å². The summed E-state index contributed by atoms with van der Waals surface area (Å²) in [5.41, 5.74) is 5.64. The summed E-state index contributed by atoms with van der Waals surface area (Å²) in [4.78, 5) is 0. The molecule has 31 heavy (non-hydrogen) atoms. The highest BCUT2D eigenvalue weighted by atomic mass is 16.3. The van der Waals surface area contributed by atoms with Gasteiger partial charge in [0.25, 0.3) is 0 Å². The number of aryl methyl sites for hydroxylation is 1. The molecule has 0 aliphatic rings. The van der Waals surface area contributed by atoms with E-state index < -0.39 is 12.2 Å². The molecule has 4 nitrogen and oxygen atoms in total. The zero-order valence-corrected chi connectivity index (χ0v) is 19.9. The van der Waals surface area contributed by atoms with Crippen LogP contribution in [0.25, 0.3) is 0 Å². The number of phenols is 2. The number of benzene rings is 1. The highest BCUT2D eigenvalue weighted by Crippen LogP contribution is 2.28. The Balaban J connectivity index is 2.58. The smallest absolute Gasteiger partial charge is 0.122 e. The summed E-state index contributed by atoms with van der Waals surface area (Å²) >= 11 is 0. The molecule has 0 amide bonds. The van der Waals surface area contributed by atoms with Crippen LogP contribution in [-0.4, -0.2) is 32.6 Å². The minimum Gasteiger partial charge on any atom is -0.508 e. The van der Waals surface area contributed by atoms with Gasteiger partial charge in [-0.3, -0.25) is 0 Å². The lowest BCUT2D eigenvalue weighted by molar-refractivity contribution is 0.0724. The summed E-state index contributed by atoms with van der Waals surface area (Å²) < 4.78 is 0. The number of allylic oxidation sites excluding steroid dienone is 6. The van der Waals surface area contributed by atoms with Gasteiger partial charge in [-0.2, -0.15) is 0 Å². The number of hydrogen-bond acceptors (Lipinski definition) is 4. The normalized spacial score (nSPS) is 15.0. The van der Waals surface area contributed by atoms with E-state index in [1.54, 1.807) is 25.1 Å². The highest BCUT2D eigenvalue weighted by molar-refractivity contribution is 5.46. The number of hydrogen-bond donors (Lipinski definition) is 4. The van der Waals surface area contributed by atoms with E-state index in [-0.39, 0.29) is 11.5 Å². The molecule has 172 valence electrons. The monoisotopic (exact) mass is 428 g/mol. The second kappa shape index (κ2) is 13.2. The maximum absolute atomic E-state index is 10.4. The molecule has 0 aliphatic heterocycles. The van der Waals surface area contributed by atoms with Crippen molar-refractivity contribution in [3.8, 4) is 11.5 Å². The number of aliphatic hydroxyl groups excluding tert-OH is 2. The molecule has 0 heterocycles. The van der Waals surface area contributed by atoms with Crippen molar-refractivity contribution in [3.63, 3.8) is 0 Å². The molecule has 1 aromatic carbocycles. The Morgan fingerprint density at radius 1 is 0.871 bits per heavy atom. The van der Waals surface area contributed by atoms with Crippen LogP contribution in [0.5, 0.6) is 11.5 Å². The molecule has 0 spiro atoms. The summed E-state index contributed by atoms with van der Waals surface area (Å²) in [6.45, 7) is 11.8. The molecule has 2 unspecified atom stereocenters. The lowest BCUT2D eigenvalue weighted by atomic mass is 9.99. The number of phenolic OH excluding ortho intramolecular Hbond substituents is 2. The molecular formula is C27H40O4. The van der Waals surface area contributed by atoms with Gasteiger partial charge in [-0.05, 0) is 96.9 Å². The highest BCUT2D eigenvalue weighted by Gasteiger charge is 2.15.